The quantitative estimate of drug-likeness (QED) is 0.644. The predicted molar refractivity (Wildman–Crippen MR) is 116 cm³/mol. The van der Waals surface area contributed by atoms with E-state index in [-0.39, 0.29) is 11.7 Å². The number of ether oxygens (including phenoxy) is 2. The van der Waals surface area contributed by atoms with Crippen molar-refractivity contribution in [2.45, 2.75) is 33.2 Å². The summed E-state index contributed by atoms with van der Waals surface area (Å²) < 4.78 is 24.6. The summed E-state index contributed by atoms with van der Waals surface area (Å²) in [6, 6.07) is 12.1. The zero-order chi connectivity index (χ0) is 21.3. The van der Waals surface area contributed by atoms with Gasteiger partial charge in [0.15, 0.2) is 11.5 Å². The molecule has 1 fully saturated rings. The minimum absolute atomic E-state index is 0.0154. The second-order valence-corrected chi connectivity index (χ2v) is 7.49. The number of benzene rings is 2. The van der Waals surface area contributed by atoms with Gasteiger partial charge in [0.2, 0.25) is 0 Å². The van der Waals surface area contributed by atoms with Crippen LogP contribution < -0.4 is 9.47 Å². The first-order chi connectivity index (χ1) is 14.6. The largest absolute Gasteiger partial charge is 0.490 e. The van der Waals surface area contributed by atoms with Crippen LogP contribution in [0.3, 0.4) is 0 Å². The van der Waals surface area contributed by atoms with Gasteiger partial charge in [-0.15, -0.1) is 0 Å². The van der Waals surface area contributed by atoms with Crippen LogP contribution in [0.15, 0.2) is 42.5 Å². The highest BCUT2D eigenvalue weighted by atomic mass is 19.1. The van der Waals surface area contributed by atoms with E-state index in [1.165, 1.54) is 12.1 Å². The third-order valence-electron chi connectivity index (χ3n) is 5.15. The van der Waals surface area contributed by atoms with Crippen molar-refractivity contribution in [1.29, 1.82) is 0 Å². The van der Waals surface area contributed by atoms with Gasteiger partial charge in [-0.2, -0.15) is 0 Å². The average molecular weight is 415 g/mol. The van der Waals surface area contributed by atoms with Gasteiger partial charge >= 0.3 is 0 Å². The molecule has 6 heteroatoms. The van der Waals surface area contributed by atoms with Crippen molar-refractivity contribution in [3.05, 3.63) is 59.4 Å². The molecule has 5 nitrogen and oxygen atoms in total. The van der Waals surface area contributed by atoms with E-state index in [0.717, 1.165) is 44.6 Å². The Hall–Kier alpha value is -2.60. The molecule has 0 radical (unpaired) electrons. The molecule has 1 aliphatic heterocycles. The first-order valence-corrected chi connectivity index (χ1v) is 10.8. The molecule has 0 unspecified atom stereocenters. The molecule has 3 rings (SSSR count). The van der Waals surface area contributed by atoms with Gasteiger partial charge < -0.3 is 14.4 Å². The zero-order valence-electron chi connectivity index (χ0n) is 17.9. The maximum absolute atomic E-state index is 13.1. The Bertz CT molecular complexity index is 826. The summed E-state index contributed by atoms with van der Waals surface area (Å²) in [6.07, 6.45) is 1.82. The Balaban J connectivity index is 1.63. The maximum atomic E-state index is 13.1. The number of amides is 1. The van der Waals surface area contributed by atoms with Crippen molar-refractivity contribution in [1.82, 2.24) is 9.80 Å². The van der Waals surface area contributed by atoms with E-state index in [9.17, 15) is 9.18 Å². The molecular weight excluding hydrogens is 383 g/mol. The molecule has 0 spiro atoms. The molecule has 1 aliphatic rings. The molecule has 0 atom stereocenters. The number of hydrogen-bond acceptors (Lipinski definition) is 4. The van der Waals surface area contributed by atoms with E-state index in [1.807, 2.05) is 36.1 Å². The number of nitrogens with zero attached hydrogens (tertiary/aromatic N) is 2. The van der Waals surface area contributed by atoms with Crippen LogP contribution >= 0.6 is 0 Å². The summed E-state index contributed by atoms with van der Waals surface area (Å²) >= 11 is 0. The molecule has 30 heavy (non-hydrogen) atoms. The van der Waals surface area contributed by atoms with Gasteiger partial charge in [0.1, 0.15) is 5.82 Å². The second kappa shape index (κ2) is 11.0. The lowest BCUT2D eigenvalue weighted by Gasteiger charge is -2.22. The predicted octanol–water partition coefficient (Wildman–Crippen LogP) is 4.36. The highest BCUT2D eigenvalue weighted by Crippen LogP contribution is 2.29. The van der Waals surface area contributed by atoms with Crippen molar-refractivity contribution in [3.63, 3.8) is 0 Å². The molecule has 162 valence electrons. The molecule has 0 aromatic heterocycles. The molecule has 0 N–H and O–H groups in total. The fraction of sp³-hybridized carbons (Fsp3) is 0.458. The summed E-state index contributed by atoms with van der Waals surface area (Å²) in [5.41, 5.74) is 1.70. The lowest BCUT2D eigenvalue weighted by Crippen LogP contribution is -2.35. The lowest BCUT2D eigenvalue weighted by atomic mass is 10.1. The molecule has 1 heterocycles. The zero-order valence-corrected chi connectivity index (χ0v) is 17.9. The minimum Gasteiger partial charge on any atom is -0.490 e. The topological polar surface area (TPSA) is 42.0 Å². The normalized spacial score (nSPS) is 15.0. The third kappa shape index (κ3) is 5.95. The minimum atomic E-state index is -0.219. The van der Waals surface area contributed by atoms with E-state index in [1.54, 1.807) is 6.07 Å². The summed E-state index contributed by atoms with van der Waals surface area (Å²) in [4.78, 5) is 17.3. The van der Waals surface area contributed by atoms with Crippen LogP contribution in [0.1, 0.15) is 42.6 Å². The second-order valence-electron chi connectivity index (χ2n) is 7.49. The van der Waals surface area contributed by atoms with E-state index in [4.69, 9.17) is 9.47 Å². The highest BCUT2D eigenvalue weighted by Gasteiger charge is 2.21. The van der Waals surface area contributed by atoms with Gasteiger partial charge in [-0.1, -0.05) is 19.1 Å². The average Bonchev–Trinajstić information content (AvgIpc) is 3.00. The monoisotopic (exact) mass is 414 g/mol. The van der Waals surface area contributed by atoms with Crippen LogP contribution in [0.25, 0.3) is 0 Å². The van der Waals surface area contributed by atoms with E-state index in [2.05, 4.69) is 11.8 Å². The third-order valence-corrected chi connectivity index (χ3v) is 5.15. The molecule has 0 bridgehead atoms. The summed E-state index contributed by atoms with van der Waals surface area (Å²) in [5.74, 6) is 1.09. The van der Waals surface area contributed by atoms with E-state index >= 15 is 0 Å². The van der Waals surface area contributed by atoms with E-state index < -0.39 is 0 Å². The molecular formula is C24H31FN2O3. The first kappa shape index (κ1) is 22.1. The van der Waals surface area contributed by atoms with Crippen molar-refractivity contribution < 1.29 is 18.7 Å². The van der Waals surface area contributed by atoms with Crippen LogP contribution in [-0.2, 0) is 6.54 Å². The van der Waals surface area contributed by atoms with E-state index in [0.29, 0.717) is 36.8 Å². The molecule has 1 amide bonds. The van der Waals surface area contributed by atoms with Crippen LogP contribution in [0, 0.1) is 5.82 Å². The number of hydrogen-bond donors (Lipinski definition) is 0. The van der Waals surface area contributed by atoms with Crippen molar-refractivity contribution in [3.8, 4) is 11.5 Å². The number of carbonyl (C=O) groups is 1. The maximum Gasteiger partial charge on any atom is 0.254 e. The van der Waals surface area contributed by atoms with Crippen LogP contribution in [0.5, 0.6) is 11.5 Å². The van der Waals surface area contributed by atoms with Gasteiger partial charge in [0.05, 0.1) is 13.2 Å². The molecule has 0 aliphatic carbocycles. The Morgan fingerprint density at radius 1 is 0.967 bits per heavy atom. The fourth-order valence-corrected chi connectivity index (χ4v) is 3.60. The lowest BCUT2D eigenvalue weighted by molar-refractivity contribution is 0.0760. The Labute approximate surface area is 178 Å². The molecule has 2 aromatic carbocycles. The van der Waals surface area contributed by atoms with Gasteiger partial charge in [0, 0.05) is 38.3 Å². The SMILES string of the molecule is CCCOc1ccc(C(=O)N2CCCN(Cc3ccc(F)cc3)CC2)cc1OCC. The van der Waals surface area contributed by atoms with Gasteiger partial charge in [-0.05, 0) is 55.7 Å². The van der Waals surface area contributed by atoms with Crippen LogP contribution in [-0.4, -0.2) is 55.1 Å². The highest BCUT2D eigenvalue weighted by molar-refractivity contribution is 5.95. The Morgan fingerprint density at radius 3 is 2.50 bits per heavy atom. The molecule has 1 saturated heterocycles. The van der Waals surface area contributed by atoms with Crippen molar-refractivity contribution >= 4 is 5.91 Å². The summed E-state index contributed by atoms with van der Waals surface area (Å²) in [5, 5.41) is 0. The van der Waals surface area contributed by atoms with Crippen LogP contribution in [0.4, 0.5) is 4.39 Å². The first-order valence-electron chi connectivity index (χ1n) is 10.8. The number of carbonyl (C=O) groups excluding carboxylic acids is 1. The molecule has 2 aromatic rings. The van der Waals surface area contributed by atoms with Gasteiger partial charge in [-0.25, -0.2) is 4.39 Å². The van der Waals surface area contributed by atoms with Gasteiger partial charge in [0.25, 0.3) is 5.91 Å². The number of halogens is 1. The summed E-state index contributed by atoms with van der Waals surface area (Å²) in [6.45, 7) is 8.95. The smallest absolute Gasteiger partial charge is 0.254 e. The van der Waals surface area contributed by atoms with Crippen LogP contribution in [0.2, 0.25) is 0 Å². The summed E-state index contributed by atoms with van der Waals surface area (Å²) in [7, 11) is 0. The fourth-order valence-electron chi connectivity index (χ4n) is 3.60. The standard InChI is InChI=1S/C24H31FN2O3/c1-3-16-30-22-11-8-20(17-23(22)29-4-2)24(28)27-13-5-12-26(14-15-27)18-19-6-9-21(25)10-7-19/h6-11,17H,3-5,12-16,18H2,1-2H3. The van der Waals surface area contributed by atoms with Crippen molar-refractivity contribution in [2.75, 3.05) is 39.4 Å². The Kier molecular flexibility index (Phi) is 8.08. The number of rotatable bonds is 8. The van der Waals surface area contributed by atoms with Gasteiger partial charge in [-0.3, -0.25) is 9.69 Å². The Morgan fingerprint density at radius 2 is 1.77 bits per heavy atom. The molecule has 0 saturated carbocycles. The van der Waals surface area contributed by atoms with Crippen molar-refractivity contribution in [2.24, 2.45) is 0 Å².